The highest BCUT2D eigenvalue weighted by Gasteiger charge is 2.24. The van der Waals surface area contributed by atoms with Gasteiger partial charge in [-0.25, -0.2) is 4.98 Å². The van der Waals surface area contributed by atoms with Crippen molar-refractivity contribution in [3.8, 4) is 0 Å². The average Bonchev–Trinajstić information content (AvgIpc) is 2.89. The number of alkyl halides is 1. The molecule has 0 saturated carbocycles. The van der Waals surface area contributed by atoms with E-state index in [9.17, 15) is 0 Å². The van der Waals surface area contributed by atoms with Crippen LogP contribution in [0.5, 0.6) is 0 Å². The van der Waals surface area contributed by atoms with Crippen molar-refractivity contribution >= 4 is 22.8 Å². The number of imidazole rings is 1. The van der Waals surface area contributed by atoms with Crippen LogP contribution in [0.25, 0.3) is 11.2 Å². The van der Waals surface area contributed by atoms with Crippen molar-refractivity contribution in [2.24, 2.45) is 13.0 Å². The summed E-state index contributed by atoms with van der Waals surface area (Å²) in [5, 5.41) is 4.57. The largest absolute Gasteiger partial charge is 0.309 e. The van der Waals surface area contributed by atoms with Gasteiger partial charge in [0.2, 0.25) is 0 Å². The Morgan fingerprint density at radius 1 is 1.26 bits per heavy atom. The summed E-state index contributed by atoms with van der Waals surface area (Å²) in [6, 6.07) is 0.416. The Morgan fingerprint density at radius 2 is 1.95 bits per heavy atom. The molecule has 19 heavy (non-hydrogen) atoms. The molecule has 4 nitrogen and oxygen atoms in total. The van der Waals surface area contributed by atoms with Crippen molar-refractivity contribution in [1.82, 2.24) is 19.3 Å². The lowest BCUT2D eigenvalue weighted by molar-refractivity contribution is 0.362. The predicted molar refractivity (Wildman–Crippen MR) is 79.6 cm³/mol. The van der Waals surface area contributed by atoms with Crippen LogP contribution in [0, 0.1) is 5.92 Å². The van der Waals surface area contributed by atoms with E-state index < -0.39 is 0 Å². The van der Waals surface area contributed by atoms with Crippen molar-refractivity contribution in [3.63, 3.8) is 0 Å². The molecule has 1 atom stereocenters. The third kappa shape index (κ3) is 2.27. The number of hydrogen-bond donors (Lipinski definition) is 0. The second-order valence-corrected chi connectivity index (χ2v) is 5.61. The van der Waals surface area contributed by atoms with Crippen LogP contribution < -0.4 is 0 Å². The molecule has 0 aliphatic heterocycles. The average molecular weight is 283 g/mol. The van der Waals surface area contributed by atoms with Crippen LogP contribution in [0.2, 0.25) is 0 Å². The van der Waals surface area contributed by atoms with Gasteiger partial charge in [0.1, 0.15) is 11.3 Å². The molecule has 0 fully saturated rings. The number of hydrogen-bond acceptors (Lipinski definition) is 2. The van der Waals surface area contributed by atoms with Crippen LogP contribution in [0.4, 0.5) is 0 Å². The summed E-state index contributed by atoms with van der Waals surface area (Å²) < 4.78 is 4.24. The topological polar surface area (TPSA) is 35.6 Å². The van der Waals surface area contributed by atoms with Gasteiger partial charge in [-0.3, -0.25) is 4.68 Å². The molecule has 0 N–H and O–H groups in total. The maximum absolute atomic E-state index is 6.10. The molecule has 2 rings (SSSR count). The first-order valence-corrected chi connectivity index (χ1v) is 7.57. The Balaban J connectivity index is 2.73. The molecule has 0 saturated heterocycles. The van der Waals surface area contributed by atoms with Crippen LogP contribution >= 0.6 is 11.6 Å². The summed E-state index contributed by atoms with van der Waals surface area (Å²) in [6.07, 6.45) is 1.97. The Kier molecular flexibility index (Phi) is 4.19. The first kappa shape index (κ1) is 14.4. The molecule has 0 bridgehead atoms. The van der Waals surface area contributed by atoms with Crippen molar-refractivity contribution in [2.75, 3.05) is 0 Å². The highest BCUT2D eigenvalue weighted by atomic mass is 35.5. The van der Waals surface area contributed by atoms with E-state index in [-0.39, 0.29) is 0 Å². The number of aromatic nitrogens is 4. The first-order chi connectivity index (χ1) is 9.04. The van der Waals surface area contributed by atoms with Gasteiger partial charge in [0.15, 0.2) is 5.65 Å². The van der Waals surface area contributed by atoms with E-state index in [1.807, 2.05) is 11.7 Å². The fourth-order valence-electron chi connectivity index (χ4n) is 2.88. The molecule has 106 valence electrons. The highest BCUT2D eigenvalue weighted by Crippen LogP contribution is 2.30. The number of nitrogens with zero attached hydrogens (tertiary/aromatic N) is 4. The molecule has 0 aromatic carbocycles. The summed E-state index contributed by atoms with van der Waals surface area (Å²) in [5.41, 5.74) is 3.18. The number of rotatable bonds is 5. The van der Waals surface area contributed by atoms with E-state index >= 15 is 0 Å². The minimum atomic E-state index is 0.416. The molecule has 5 heteroatoms. The van der Waals surface area contributed by atoms with Gasteiger partial charge in [-0.1, -0.05) is 27.7 Å². The fraction of sp³-hybridized carbons (Fsp3) is 0.714. The molecule has 2 aromatic rings. The molecule has 0 spiro atoms. The quantitative estimate of drug-likeness (QED) is 0.784. The zero-order chi connectivity index (χ0) is 14.2. The molecule has 0 aliphatic rings. The number of halogens is 1. The van der Waals surface area contributed by atoms with E-state index in [1.54, 1.807) is 0 Å². The zero-order valence-corrected chi connectivity index (χ0v) is 13.2. The van der Waals surface area contributed by atoms with E-state index in [2.05, 4.69) is 37.4 Å². The van der Waals surface area contributed by atoms with Gasteiger partial charge < -0.3 is 4.57 Å². The predicted octanol–water partition coefficient (Wildman–Crippen LogP) is 3.68. The third-order valence-corrected chi connectivity index (χ3v) is 4.02. The summed E-state index contributed by atoms with van der Waals surface area (Å²) in [6.45, 7) is 8.82. The van der Waals surface area contributed by atoms with E-state index in [4.69, 9.17) is 16.6 Å². The first-order valence-electron chi connectivity index (χ1n) is 7.03. The van der Waals surface area contributed by atoms with Crippen LogP contribution in [0.15, 0.2) is 0 Å². The molecule has 2 aromatic heterocycles. The minimum Gasteiger partial charge on any atom is -0.309 e. The van der Waals surface area contributed by atoms with E-state index in [0.717, 1.165) is 35.5 Å². The SMILES string of the molecule is CCc1nn(C)c2c1nc(CCl)n2C(CC)C(C)C. The highest BCUT2D eigenvalue weighted by molar-refractivity contribution is 6.16. The Labute approximate surface area is 119 Å². The minimum absolute atomic E-state index is 0.416. The Hall–Kier alpha value is -1.03. The van der Waals surface area contributed by atoms with E-state index in [0.29, 0.717) is 17.8 Å². The standard InChI is InChI=1S/C14H23ClN4/c1-6-10-13-14(18(5)17-10)19(12(8-15)16-13)11(7-2)9(3)4/h9,11H,6-8H2,1-5H3. The molecule has 0 aliphatic carbocycles. The van der Waals surface area contributed by atoms with Gasteiger partial charge in [0.25, 0.3) is 0 Å². The molecule has 0 amide bonds. The second-order valence-electron chi connectivity index (χ2n) is 5.35. The second kappa shape index (κ2) is 5.53. The molecular formula is C14H23ClN4. The van der Waals surface area contributed by atoms with Crippen molar-refractivity contribution in [1.29, 1.82) is 0 Å². The lowest BCUT2D eigenvalue weighted by atomic mass is 10.0. The third-order valence-electron chi connectivity index (χ3n) is 3.78. The van der Waals surface area contributed by atoms with Gasteiger partial charge in [0, 0.05) is 13.1 Å². The van der Waals surface area contributed by atoms with E-state index in [1.165, 1.54) is 0 Å². The van der Waals surface area contributed by atoms with Gasteiger partial charge in [-0.2, -0.15) is 5.10 Å². The Morgan fingerprint density at radius 3 is 2.42 bits per heavy atom. The fourth-order valence-corrected chi connectivity index (χ4v) is 3.07. The van der Waals surface area contributed by atoms with Gasteiger partial charge in [-0.05, 0) is 18.8 Å². The maximum Gasteiger partial charge on any atom is 0.158 e. The van der Waals surface area contributed by atoms with Crippen LogP contribution in [0.1, 0.15) is 51.7 Å². The van der Waals surface area contributed by atoms with Crippen molar-refractivity contribution < 1.29 is 0 Å². The smallest absolute Gasteiger partial charge is 0.158 e. The normalized spacial score (nSPS) is 13.6. The summed E-state index contributed by atoms with van der Waals surface area (Å²) in [4.78, 5) is 4.72. The summed E-state index contributed by atoms with van der Waals surface area (Å²) in [7, 11) is 1.99. The van der Waals surface area contributed by atoms with Crippen LogP contribution in [-0.4, -0.2) is 19.3 Å². The summed E-state index contributed by atoms with van der Waals surface area (Å²) in [5.74, 6) is 1.95. The molecule has 1 unspecified atom stereocenters. The van der Waals surface area contributed by atoms with Gasteiger partial charge >= 0.3 is 0 Å². The Bertz CT molecular complexity index is 568. The lowest BCUT2D eigenvalue weighted by Gasteiger charge is -2.23. The monoisotopic (exact) mass is 282 g/mol. The molecule has 2 heterocycles. The van der Waals surface area contributed by atoms with Gasteiger partial charge in [0.05, 0.1) is 11.6 Å². The van der Waals surface area contributed by atoms with Crippen molar-refractivity contribution in [3.05, 3.63) is 11.5 Å². The number of aryl methyl sites for hydroxylation is 2. The van der Waals surface area contributed by atoms with Crippen LogP contribution in [0.3, 0.4) is 0 Å². The van der Waals surface area contributed by atoms with Crippen molar-refractivity contribution in [2.45, 2.75) is 52.5 Å². The lowest BCUT2D eigenvalue weighted by Crippen LogP contribution is -2.18. The number of fused-ring (bicyclic) bond motifs is 1. The molecule has 0 radical (unpaired) electrons. The zero-order valence-electron chi connectivity index (χ0n) is 12.4. The maximum atomic E-state index is 6.10. The summed E-state index contributed by atoms with van der Waals surface area (Å²) >= 11 is 6.10. The van der Waals surface area contributed by atoms with Crippen LogP contribution in [-0.2, 0) is 19.3 Å². The van der Waals surface area contributed by atoms with Gasteiger partial charge in [-0.15, -0.1) is 11.6 Å². The molecular weight excluding hydrogens is 260 g/mol.